The maximum absolute atomic E-state index is 12.8. The first kappa shape index (κ1) is 21.5. The average Bonchev–Trinajstić information content (AvgIpc) is 3.11. The van der Waals surface area contributed by atoms with Crippen LogP contribution in [0.5, 0.6) is 5.75 Å². The van der Waals surface area contributed by atoms with Gasteiger partial charge in [0.1, 0.15) is 23.5 Å². The fourth-order valence-corrected chi connectivity index (χ4v) is 4.15. The van der Waals surface area contributed by atoms with E-state index in [1.54, 1.807) is 18.3 Å². The topological polar surface area (TPSA) is 82.8 Å². The molecule has 0 radical (unpaired) electrons. The van der Waals surface area contributed by atoms with E-state index in [0.29, 0.717) is 23.3 Å². The molecule has 8 heteroatoms. The summed E-state index contributed by atoms with van der Waals surface area (Å²) < 4.78 is 11.9. The van der Waals surface area contributed by atoms with E-state index >= 15 is 0 Å². The zero-order valence-corrected chi connectivity index (χ0v) is 18.7. The first-order valence-corrected chi connectivity index (χ1v) is 10.7. The van der Waals surface area contributed by atoms with Crippen LogP contribution in [0, 0.1) is 13.8 Å². The van der Waals surface area contributed by atoms with Crippen molar-refractivity contribution in [1.29, 1.82) is 0 Å². The van der Waals surface area contributed by atoms with Gasteiger partial charge in [0.15, 0.2) is 0 Å². The lowest BCUT2D eigenvalue weighted by Gasteiger charge is -2.09. The second kappa shape index (κ2) is 9.15. The first-order valence-electron chi connectivity index (χ1n) is 9.88. The maximum Gasteiger partial charge on any atom is 0.337 e. The van der Waals surface area contributed by atoms with E-state index in [4.69, 9.17) is 9.47 Å². The van der Waals surface area contributed by atoms with Crippen molar-refractivity contribution in [2.75, 3.05) is 7.11 Å². The molecule has 0 N–H and O–H groups in total. The van der Waals surface area contributed by atoms with Crippen molar-refractivity contribution in [3.05, 3.63) is 92.3 Å². The third-order valence-corrected chi connectivity index (χ3v) is 6.20. The number of benzene rings is 2. The molecule has 0 amide bonds. The number of aromatic nitrogens is 2. The molecule has 32 heavy (non-hydrogen) atoms. The third kappa shape index (κ3) is 4.31. The number of hydrogen-bond acceptors (Lipinski definition) is 7. The monoisotopic (exact) mass is 447 g/mol. The van der Waals surface area contributed by atoms with Crippen molar-refractivity contribution in [2.45, 2.75) is 20.5 Å². The minimum Gasteiger partial charge on any atom is -0.488 e. The van der Waals surface area contributed by atoms with Crippen LogP contribution < -0.4 is 10.3 Å². The molecule has 0 aliphatic heterocycles. The number of thiophene rings is 1. The Morgan fingerprint density at radius 1 is 1.16 bits per heavy atom. The molecule has 0 unspecified atom stereocenters. The summed E-state index contributed by atoms with van der Waals surface area (Å²) in [5.74, 6) is 0.243. The zero-order chi connectivity index (χ0) is 22.7. The summed E-state index contributed by atoms with van der Waals surface area (Å²) in [4.78, 5) is 30.5. The quantitative estimate of drug-likeness (QED) is 0.325. The molecule has 7 nitrogen and oxygen atoms in total. The highest BCUT2D eigenvalue weighted by atomic mass is 32.1. The van der Waals surface area contributed by atoms with Crippen molar-refractivity contribution in [1.82, 2.24) is 9.66 Å². The molecule has 0 saturated heterocycles. The van der Waals surface area contributed by atoms with E-state index in [1.165, 1.54) is 29.5 Å². The van der Waals surface area contributed by atoms with Crippen molar-refractivity contribution in [3.63, 3.8) is 0 Å². The predicted molar refractivity (Wildman–Crippen MR) is 125 cm³/mol. The van der Waals surface area contributed by atoms with E-state index < -0.39 is 0 Å². The summed E-state index contributed by atoms with van der Waals surface area (Å²) in [7, 11) is 1.35. The summed E-state index contributed by atoms with van der Waals surface area (Å²) in [6.07, 6.45) is 3.02. The van der Waals surface area contributed by atoms with E-state index in [0.717, 1.165) is 26.4 Å². The number of rotatable bonds is 6. The fraction of sp³-hybridized carbons (Fsp3) is 0.167. The van der Waals surface area contributed by atoms with E-state index in [9.17, 15) is 9.59 Å². The second-order valence-corrected chi connectivity index (χ2v) is 8.32. The summed E-state index contributed by atoms with van der Waals surface area (Å²) in [5.41, 5.74) is 2.85. The number of esters is 1. The molecule has 4 rings (SSSR count). The SMILES string of the molecule is COC(=O)c1ccc(COc2ccccc2/C=N/n2cnc3sc(C)c(C)c3c2=O)cc1. The smallest absolute Gasteiger partial charge is 0.337 e. The molecule has 0 aliphatic rings. The molecule has 0 saturated carbocycles. The Hall–Kier alpha value is -3.78. The van der Waals surface area contributed by atoms with Crippen LogP contribution >= 0.6 is 11.3 Å². The standard InChI is InChI=1S/C24H21N3O4S/c1-15-16(2)32-22-21(15)23(28)27(14-25-22)26-12-19-6-4-5-7-20(19)31-13-17-8-10-18(11-9-17)24(29)30-3/h4-12,14H,13H2,1-3H3/b26-12+. The van der Waals surface area contributed by atoms with Crippen LogP contribution in [0.3, 0.4) is 0 Å². The summed E-state index contributed by atoms with van der Waals surface area (Å²) in [6.45, 7) is 4.21. The number of fused-ring (bicyclic) bond motifs is 1. The van der Waals surface area contributed by atoms with Crippen molar-refractivity contribution in [3.8, 4) is 5.75 Å². The molecule has 0 fully saturated rings. The number of nitrogens with zero attached hydrogens (tertiary/aromatic N) is 3. The second-order valence-electron chi connectivity index (χ2n) is 7.12. The number of hydrogen-bond donors (Lipinski definition) is 0. The van der Waals surface area contributed by atoms with Gasteiger partial charge in [-0.1, -0.05) is 24.3 Å². The van der Waals surface area contributed by atoms with Gasteiger partial charge in [-0.2, -0.15) is 9.78 Å². The van der Waals surface area contributed by atoms with Crippen LogP contribution in [0.4, 0.5) is 0 Å². The Kier molecular flexibility index (Phi) is 6.13. The largest absolute Gasteiger partial charge is 0.488 e. The van der Waals surface area contributed by atoms with Gasteiger partial charge in [-0.15, -0.1) is 11.3 Å². The van der Waals surface area contributed by atoms with Crippen LogP contribution in [0.15, 0.2) is 64.8 Å². The molecule has 0 spiro atoms. The maximum atomic E-state index is 12.8. The van der Waals surface area contributed by atoms with Gasteiger partial charge >= 0.3 is 5.97 Å². The average molecular weight is 448 g/mol. The van der Waals surface area contributed by atoms with E-state index in [2.05, 4.69) is 10.1 Å². The van der Waals surface area contributed by atoms with Crippen LogP contribution in [-0.4, -0.2) is 29.0 Å². The third-order valence-electron chi connectivity index (χ3n) is 5.08. The molecular weight excluding hydrogens is 426 g/mol. The first-order chi connectivity index (χ1) is 15.5. The van der Waals surface area contributed by atoms with Crippen molar-refractivity contribution in [2.24, 2.45) is 5.10 Å². The summed E-state index contributed by atoms with van der Waals surface area (Å²) in [5, 5.41) is 4.93. The molecule has 162 valence electrons. The van der Waals surface area contributed by atoms with Gasteiger partial charge in [-0.25, -0.2) is 9.78 Å². The Bertz CT molecular complexity index is 1370. The fourth-order valence-electron chi connectivity index (χ4n) is 3.17. The van der Waals surface area contributed by atoms with E-state index in [1.807, 2.05) is 50.2 Å². The zero-order valence-electron chi connectivity index (χ0n) is 17.9. The molecule has 0 aliphatic carbocycles. The Morgan fingerprint density at radius 3 is 2.66 bits per heavy atom. The number of ether oxygens (including phenoxy) is 2. The Balaban J connectivity index is 1.54. The number of methoxy groups -OCH3 is 1. The summed E-state index contributed by atoms with van der Waals surface area (Å²) >= 11 is 1.50. The van der Waals surface area contributed by atoms with Crippen LogP contribution in [-0.2, 0) is 11.3 Å². The lowest BCUT2D eigenvalue weighted by atomic mass is 10.1. The van der Waals surface area contributed by atoms with Gasteiger partial charge in [0.05, 0.1) is 24.3 Å². The minimum absolute atomic E-state index is 0.197. The molecule has 2 aromatic carbocycles. The molecule has 4 aromatic rings. The lowest BCUT2D eigenvalue weighted by Crippen LogP contribution is -2.17. The van der Waals surface area contributed by atoms with Gasteiger partial charge in [0, 0.05) is 10.4 Å². The minimum atomic E-state index is -0.380. The normalized spacial score (nSPS) is 11.2. The Labute approximate surface area is 188 Å². The molecule has 0 bridgehead atoms. The predicted octanol–water partition coefficient (Wildman–Crippen LogP) is 4.32. The highest BCUT2D eigenvalue weighted by Gasteiger charge is 2.12. The molecule has 0 atom stereocenters. The van der Waals surface area contributed by atoms with Gasteiger partial charge in [-0.3, -0.25) is 4.79 Å². The Morgan fingerprint density at radius 2 is 1.91 bits per heavy atom. The molecule has 2 heterocycles. The van der Waals surface area contributed by atoms with Gasteiger partial charge in [0.25, 0.3) is 5.56 Å². The van der Waals surface area contributed by atoms with Crippen molar-refractivity contribution < 1.29 is 14.3 Å². The van der Waals surface area contributed by atoms with Crippen LogP contribution in [0.2, 0.25) is 0 Å². The lowest BCUT2D eigenvalue weighted by molar-refractivity contribution is 0.0600. The van der Waals surface area contributed by atoms with Crippen LogP contribution in [0.1, 0.15) is 31.9 Å². The number of carbonyl (C=O) groups is 1. The van der Waals surface area contributed by atoms with Crippen LogP contribution in [0.25, 0.3) is 10.2 Å². The van der Waals surface area contributed by atoms with Gasteiger partial charge in [-0.05, 0) is 49.2 Å². The highest BCUT2D eigenvalue weighted by Crippen LogP contribution is 2.25. The molecular formula is C24H21N3O4S. The van der Waals surface area contributed by atoms with Gasteiger partial charge < -0.3 is 9.47 Å². The summed E-state index contributed by atoms with van der Waals surface area (Å²) in [6, 6.07) is 14.4. The number of aryl methyl sites for hydroxylation is 2. The van der Waals surface area contributed by atoms with Gasteiger partial charge in [0.2, 0.25) is 0 Å². The highest BCUT2D eigenvalue weighted by molar-refractivity contribution is 7.18. The van der Waals surface area contributed by atoms with Crippen molar-refractivity contribution >= 4 is 33.7 Å². The molecule has 2 aromatic heterocycles. The number of carbonyl (C=O) groups excluding carboxylic acids is 1. The van der Waals surface area contributed by atoms with E-state index in [-0.39, 0.29) is 11.5 Å². The number of para-hydroxylation sites is 1.